The summed E-state index contributed by atoms with van der Waals surface area (Å²) in [4.78, 5) is 4.86. The molecule has 0 aliphatic heterocycles. The molecule has 2 heterocycles. The van der Waals surface area contributed by atoms with Crippen LogP contribution in [0.3, 0.4) is 0 Å². The molecule has 27 heavy (non-hydrogen) atoms. The molecule has 0 aliphatic rings. The Hall–Kier alpha value is -3.27. The third-order valence-corrected chi connectivity index (χ3v) is 4.75. The van der Waals surface area contributed by atoms with Crippen LogP contribution in [0.15, 0.2) is 71.0 Å². The second-order valence-corrected chi connectivity index (χ2v) is 6.98. The first-order valence-corrected chi connectivity index (χ1v) is 9.07. The summed E-state index contributed by atoms with van der Waals surface area (Å²) in [5.74, 6) is 0.749. The van der Waals surface area contributed by atoms with E-state index in [9.17, 15) is 0 Å². The van der Waals surface area contributed by atoms with Crippen molar-refractivity contribution in [2.75, 3.05) is 0 Å². The second kappa shape index (κ2) is 6.80. The molecule has 0 N–H and O–H groups in total. The van der Waals surface area contributed by atoms with Gasteiger partial charge >= 0.3 is 0 Å². The molecule has 0 spiro atoms. The largest absolute Gasteiger partial charge is 0.282 e. The first-order valence-electron chi connectivity index (χ1n) is 9.07. The van der Waals surface area contributed by atoms with E-state index in [0.29, 0.717) is 0 Å². The lowest BCUT2D eigenvalue weighted by Gasteiger charge is -2.06. The van der Waals surface area contributed by atoms with Crippen LogP contribution in [0.4, 0.5) is 11.5 Å². The molecule has 0 saturated carbocycles. The van der Waals surface area contributed by atoms with Crippen molar-refractivity contribution in [3.05, 3.63) is 83.0 Å². The number of hydrogen-bond acceptors (Lipinski definition) is 3. The topological polar surface area (TPSA) is 42.0 Å². The average molecular weight is 354 g/mol. The van der Waals surface area contributed by atoms with Crippen molar-refractivity contribution in [3.8, 4) is 11.3 Å². The van der Waals surface area contributed by atoms with Crippen LogP contribution < -0.4 is 0 Å². The Bertz CT molecular complexity index is 1130. The standard InChI is InChI=1S/C23H22N4/c1-15-13-17(3)20(18(4)14-15)25-26-23-21(19-10-6-5-7-11-19)24-22-16(2)9-8-12-27(22)23/h5-14H,1-4H3. The highest BCUT2D eigenvalue weighted by Gasteiger charge is 2.15. The van der Waals surface area contributed by atoms with Crippen molar-refractivity contribution in [1.82, 2.24) is 9.38 Å². The summed E-state index contributed by atoms with van der Waals surface area (Å²) in [5.41, 5.74) is 8.30. The number of aryl methyl sites for hydroxylation is 4. The van der Waals surface area contributed by atoms with Crippen molar-refractivity contribution < 1.29 is 0 Å². The van der Waals surface area contributed by atoms with Gasteiger partial charge in [-0.2, -0.15) is 0 Å². The molecule has 4 aromatic rings. The molecule has 2 aromatic carbocycles. The number of azo groups is 1. The van der Waals surface area contributed by atoms with Gasteiger partial charge in [-0.15, -0.1) is 10.2 Å². The highest BCUT2D eigenvalue weighted by molar-refractivity contribution is 5.75. The Morgan fingerprint density at radius 3 is 2.19 bits per heavy atom. The summed E-state index contributed by atoms with van der Waals surface area (Å²) < 4.78 is 2.01. The van der Waals surface area contributed by atoms with Crippen molar-refractivity contribution in [1.29, 1.82) is 0 Å². The molecule has 0 amide bonds. The van der Waals surface area contributed by atoms with Gasteiger partial charge in [0.25, 0.3) is 0 Å². The van der Waals surface area contributed by atoms with Gasteiger partial charge in [-0.25, -0.2) is 4.98 Å². The van der Waals surface area contributed by atoms with Crippen LogP contribution in [0.5, 0.6) is 0 Å². The van der Waals surface area contributed by atoms with Gasteiger partial charge in [0, 0.05) is 11.8 Å². The lowest BCUT2D eigenvalue weighted by Crippen LogP contribution is -1.86. The van der Waals surface area contributed by atoms with E-state index in [0.717, 1.165) is 45.1 Å². The monoisotopic (exact) mass is 354 g/mol. The molecular weight excluding hydrogens is 332 g/mol. The Labute approximate surface area is 159 Å². The predicted molar refractivity (Wildman–Crippen MR) is 110 cm³/mol. The van der Waals surface area contributed by atoms with Crippen molar-refractivity contribution in [2.24, 2.45) is 10.2 Å². The number of benzene rings is 2. The zero-order valence-corrected chi connectivity index (χ0v) is 16.1. The lowest BCUT2D eigenvalue weighted by molar-refractivity contribution is 1.09. The van der Waals surface area contributed by atoms with Crippen LogP contribution in [0, 0.1) is 27.7 Å². The lowest BCUT2D eigenvalue weighted by atomic mass is 10.1. The van der Waals surface area contributed by atoms with E-state index in [1.54, 1.807) is 0 Å². The summed E-state index contributed by atoms with van der Waals surface area (Å²) >= 11 is 0. The van der Waals surface area contributed by atoms with Gasteiger partial charge in [0.05, 0.1) is 5.69 Å². The number of hydrogen-bond donors (Lipinski definition) is 0. The summed E-state index contributed by atoms with van der Waals surface area (Å²) in [6, 6.07) is 18.5. The van der Waals surface area contributed by atoms with Crippen LogP contribution >= 0.6 is 0 Å². The average Bonchev–Trinajstić information content (AvgIpc) is 3.02. The van der Waals surface area contributed by atoms with Crippen LogP contribution in [-0.2, 0) is 0 Å². The fraction of sp³-hybridized carbons (Fsp3) is 0.174. The van der Waals surface area contributed by atoms with Crippen molar-refractivity contribution in [3.63, 3.8) is 0 Å². The van der Waals surface area contributed by atoms with E-state index in [4.69, 9.17) is 4.98 Å². The van der Waals surface area contributed by atoms with Crippen LogP contribution in [0.2, 0.25) is 0 Å². The molecule has 2 aromatic heterocycles. The summed E-state index contributed by atoms with van der Waals surface area (Å²) in [5, 5.41) is 9.28. The van der Waals surface area contributed by atoms with E-state index in [-0.39, 0.29) is 0 Å². The minimum atomic E-state index is 0.749. The molecule has 0 bridgehead atoms. The summed E-state index contributed by atoms with van der Waals surface area (Å²) in [6.07, 6.45) is 1.99. The van der Waals surface area contributed by atoms with Crippen molar-refractivity contribution >= 4 is 17.2 Å². The molecule has 0 aliphatic carbocycles. The van der Waals surface area contributed by atoms with Gasteiger partial charge in [0.15, 0.2) is 5.82 Å². The fourth-order valence-electron chi connectivity index (χ4n) is 3.50. The molecule has 4 rings (SSSR count). The van der Waals surface area contributed by atoms with Gasteiger partial charge in [0.2, 0.25) is 0 Å². The smallest absolute Gasteiger partial charge is 0.187 e. The van der Waals surface area contributed by atoms with Gasteiger partial charge in [-0.05, 0) is 50.5 Å². The molecule has 0 unspecified atom stereocenters. The normalized spacial score (nSPS) is 11.6. The fourth-order valence-corrected chi connectivity index (χ4v) is 3.50. The molecule has 134 valence electrons. The summed E-state index contributed by atoms with van der Waals surface area (Å²) in [6.45, 7) is 8.31. The van der Waals surface area contributed by atoms with E-state index in [1.165, 1.54) is 5.56 Å². The number of imidazole rings is 1. The van der Waals surface area contributed by atoms with Crippen LogP contribution in [0.1, 0.15) is 22.3 Å². The Morgan fingerprint density at radius 2 is 1.48 bits per heavy atom. The minimum absolute atomic E-state index is 0.749. The van der Waals surface area contributed by atoms with E-state index < -0.39 is 0 Å². The van der Waals surface area contributed by atoms with Gasteiger partial charge < -0.3 is 0 Å². The highest BCUT2D eigenvalue weighted by atomic mass is 15.2. The van der Waals surface area contributed by atoms with Crippen LogP contribution in [0.25, 0.3) is 16.9 Å². The highest BCUT2D eigenvalue weighted by Crippen LogP contribution is 2.34. The minimum Gasteiger partial charge on any atom is -0.282 e. The van der Waals surface area contributed by atoms with E-state index in [1.807, 2.05) is 34.9 Å². The maximum atomic E-state index is 4.86. The number of fused-ring (bicyclic) bond motifs is 1. The Morgan fingerprint density at radius 1 is 0.778 bits per heavy atom. The molecule has 4 nitrogen and oxygen atoms in total. The van der Waals surface area contributed by atoms with Gasteiger partial charge in [-0.3, -0.25) is 4.40 Å². The maximum absolute atomic E-state index is 4.86. The van der Waals surface area contributed by atoms with Crippen molar-refractivity contribution in [2.45, 2.75) is 27.7 Å². The molecule has 0 atom stereocenters. The number of pyridine rings is 1. The first-order chi connectivity index (χ1) is 13.0. The number of nitrogens with zero attached hydrogens (tertiary/aromatic N) is 4. The maximum Gasteiger partial charge on any atom is 0.187 e. The zero-order valence-electron chi connectivity index (χ0n) is 16.1. The Kier molecular flexibility index (Phi) is 4.32. The van der Waals surface area contributed by atoms with E-state index in [2.05, 4.69) is 68.3 Å². The second-order valence-electron chi connectivity index (χ2n) is 6.98. The SMILES string of the molecule is Cc1cc(C)c(N=Nc2c(-c3ccccc3)nc3c(C)cccn23)c(C)c1. The number of aromatic nitrogens is 2. The number of rotatable bonds is 3. The van der Waals surface area contributed by atoms with Gasteiger partial charge in [-0.1, -0.05) is 54.1 Å². The first kappa shape index (κ1) is 17.2. The molecule has 4 heteroatoms. The van der Waals surface area contributed by atoms with E-state index >= 15 is 0 Å². The van der Waals surface area contributed by atoms with Gasteiger partial charge in [0.1, 0.15) is 11.3 Å². The third kappa shape index (κ3) is 3.14. The zero-order chi connectivity index (χ0) is 19.0. The Balaban J connectivity index is 1.92. The van der Waals surface area contributed by atoms with Crippen LogP contribution in [-0.4, -0.2) is 9.38 Å². The summed E-state index contributed by atoms with van der Waals surface area (Å²) in [7, 11) is 0. The molecule has 0 radical (unpaired) electrons. The molecule has 0 fully saturated rings. The quantitative estimate of drug-likeness (QED) is 0.380. The third-order valence-electron chi connectivity index (χ3n) is 4.75. The predicted octanol–water partition coefficient (Wildman–Crippen LogP) is 6.65. The molecular formula is C23H22N4. The molecule has 0 saturated heterocycles.